The Kier molecular flexibility index (Phi) is 6.89. The molecule has 0 bridgehead atoms. The quantitative estimate of drug-likeness (QED) is 0.739. The molecule has 0 unspecified atom stereocenters. The minimum absolute atomic E-state index is 0.797. The lowest BCUT2D eigenvalue weighted by atomic mass is 10.1. The second kappa shape index (κ2) is 8.98. The summed E-state index contributed by atoms with van der Waals surface area (Å²) in [5.74, 6) is 0.998. The van der Waals surface area contributed by atoms with Gasteiger partial charge in [-0.1, -0.05) is 25.5 Å². The van der Waals surface area contributed by atoms with Crippen LogP contribution in [0, 0.1) is 0 Å². The lowest BCUT2D eigenvalue weighted by Crippen LogP contribution is -2.33. The Balaban J connectivity index is 1.70. The van der Waals surface area contributed by atoms with Crippen LogP contribution in [0.4, 0.5) is 0 Å². The summed E-state index contributed by atoms with van der Waals surface area (Å²) in [7, 11) is 0. The lowest BCUT2D eigenvalue weighted by Gasteiger charge is -2.26. The second-order valence-electron chi connectivity index (χ2n) is 5.57. The van der Waals surface area contributed by atoms with Gasteiger partial charge in [-0.25, -0.2) is 0 Å². The van der Waals surface area contributed by atoms with Gasteiger partial charge in [0.2, 0.25) is 0 Å². The van der Waals surface area contributed by atoms with Gasteiger partial charge in [-0.15, -0.1) is 0 Å². The fourth-order valence-corrected chi connectivity index (χ4v) is 2.63. The standard InChI is InChI=1S/C17H28N2O/c1-2-9-18-15-16-7-6-8-17(14-16)20-13-12-19-10-4-3-5-11-19/h6-8,14,18H,2-5,9-13,15H2,1H3. The van der Waals surface area contributed by atoms with Crippen molar-refractivity contribution in [1.29, 1.82) is 0 Å². The molecule has 3 heteroatoms. The highest BCUT2D eigenvalue weighted by atomic mass is 16.5. The molecule has 2 rings (SSSR count). The highest BCUT2D eigenvalue weighted by molar-refractivity contribution is 5.28. The highest BCUT2D eigenvalue weighted by Gasteiger charge is 2.09. The van der Waals surface area contributed by atoms with E-state index < -0.39 is 0 Å². The fraction of sp³-hybridized carbons (Fsp3) is 0.647. The van der Waals surface area contributed by atoms with Gasteiger partial charge in [0.15, 0.2) is 0 Å². The van der Waals surface area contributed by atoms with Crippen molar-refractivity contribution in [3.8, 4) is 5.75 Å². The van der Waals surface area contributed by atoms with Crippen LogP contribution in [-0.2, 0) is 6.54 Å². The van der Waals surface area contributed by atoms with Gasteiger partial charge in [-0.3, -0.25) is 4.90 Å². The van der Waals surface area contributed by atoms with Crippen LogP contribution >= 0.6 is 0 Å². The zero-order valence-electron chi connectivity index (χ0n) is 12.7. The molecule has 3 nitrogen and oxygen atoms in total. The molecule has 1 N–H and O–H groups in total. The number of likely N-dealkylation sites (tertiary alicyclic amines) is 1. The molecular formula is C17H28N2O. The molecule has 0 spiro atoms. The first-order valence-corrected chi connectivity index (χ1v) is 8.03. The molecule has 1 saturated heterocycles. The minimum atomic E-state index is 0.797. The van der Waals surface area contributed by atoms with Crippen LogP contribution in [0.1, 0.15) is 38.2 Å². The van der Waals surface area contributed by atoms with E-state index in [0.717, 1.165) is 32.0 Å². The summed E-state index contributed by atoms with van der Waals surface area (Å²) in [5, 5.41) is 3.42. The Labute approximate surface area is 123 Å². The summed E-state index contributed by atoms with van der Waals surface area (Å²) in [4.78, 5) is 2.51. The molecule has 1 aliphatic rings. The van der Waals surface area contributed by atoms with Crippen molar-refractivity contribution >= 4 is 0 Å². The van der Waals surface area contributed by atoms with Crippen molar-refractivity contribution in [2.24, 2.45) is 0 Å². The zero-order valence-corrected chi connectivity index (χ0v) is 12.7. The van der Waals surface area contributed by atoms with Gasteiger partial charge in [0.05, 0.1) is 0 Å². The number of rotatable bonds is 8. The molecule has 0 saturated carbocycles. The third-order valence-electron chi connectivity index (χ3n) is 3.78. The van der Waals surface area contributed by atoms with E-state index in [1.807, 2.05) is 0 Å². The minimum Gasteiger partial charge on any atom is -0.492 e. The molecule has 0 atom stereocenters. The van der Waals surface area contributed by atoms with Gasteiger partial charge in [-0.2, -0.15) is 0 Å². The van der Waals surface area contributed by atoms with E-state index >= 15 is 0 Å². The van der Waals surface area contributed by atoms with Crippen molar-refractivity contribution < 1.29 is 4.74 Å². The summed E-state index contributed by atoms with van der Waals surface area (Å²) in [6.07, 6.45) is 5.26. The van der Waals surface area contributed by atoms with E-state index in [1.165, 1.54) is 44.3 Å². The van der Waals surface area contributed by atoms with E-state index in [9.17, 15) is 0 Å². The fourth-order valence-electron chi connectivity index (χ4n) is 2.63. The van der Waals surface area contributed by atoms with Crippen LogP contribution in [0.25, 0.3) is 0 Å². The molecule has 112 valence electrons. The Morgan fingerprint density at radius 2 is 2.05 bits per heavy atom. The summed E-state index contributed by atoms with van der Waals surface area (Å²) in [6, 6.07) is 8.44. The molecule has 0 amide bonds. The molecule has 0 aromatic heterocycles. The topological polar surface area (TPSA) is 24.5 Å². The van der Waals surface area contributed by atoms with E-state index in [0.29, 0.717) is 0 Å². The van der Waals surface area contributed by atoms with Gasteiger partial charge in [0.1, 0.15) is 12.4 Å². The summed E-state index contributed by atoms with van der Waals surface area (Å²) >= 11 is 0. The SMILES string of the molecule is CCCNCc1cccc(OCCN2CCCCC2)c1. The van der Waals surface area contributed by atoms with Gasteiger partial charge in [-0.05, 0) is 56.6 Å². The number of hydrogen-bond acceptors (Lipinski definition) is 3. The first kappa shape index (κ1) is 15.3. The van der Waals surface area contributed by atoms with Crippen LogP contribution < -0.4 is 10.1 Å². The smallest absolute Gasteiger partial charge is 0.119 e. The lowest BCUT2D eigenvalue weighted by molar-refractivity contribution is 0.183. The van der Waals surface area contributed by atoms with Crippen molar-refractivity contribution in [2.45, 2.75) is 39.2 Å². The third kappa shape index (κ3) is 5.51. The van der Waals surface area contributed by atoms with Gasteiger partial charge < -0.3 is 10.1 Å². The first-order valence-electron chi connectivity index (χ1n) is 8.03. The predicted octanol–water partition coefficient (Wildman–Crippen LogP) is 3.05. The average molecular weight is 276 g/mol. The monoisotopic (exact) mass is 276 g/mol. The van der Waals surface area contributed by atoms with Gasteiger partial charge >= 0.3 is 0 Å². The van der Waals surface area contributed by atoms with Crippen molar-refractivity contribution in [2.75, 3.05) is 32.8 Å². The molecule has 20 heavy (non-hydrogen) atoms. The largest absolute Gasteiger partial charge is 0.492 e. The van der Waals surface area contributed by atoms with Crippen LogP contribution in [0.3, 0.4) is 0 Å². The highest BCUT2D eigenvalue weighted by Crippen LogP contribution is 2.14. The molecule has 0 radical (unpaired) electrons. The number of ether oxygens (including phenoxy) is 1. The van der Waals surface area contributed by atoms with Crippen molar-refractivity contribution in [1.82, 2.24) is 10.2 Å². The van der Waals surface area contributed by atoms with Crippen LogP contribution in [0.15, 0.2) is 24.3 Å². The Morgan fingerprint density at radius 3 is 2.85 bits per heavy atom. The predicted molar refractivity (Wildman–Crippen MR) is 84.2 cm³/mol. The van der Waals surface area contributed by atoms with E-state index in [1.54, 1.807) is 0 Å². The van der Waals surface area contributed by atoms with Gasteiger partial charge in [0.25, 0.3) is 0 Å². The molecule has 1 aromatic carbocycles. The van der Waals surface area contributed by atoms with E-state index in [4.69, 9.17) is 4.74 Å². The average Bonchev–Trinajstić information content (AvgIpc) is 2.49. The molecule has 1 aliphatic heterocycles. The number of hydrogen-bond donors (Lipinski definition) is 1. The first-order chi connectivity index (χ1) is 9.88. The number of benzene rings is 1. The summed E-state index contributed by atoms with van der Waals surface area (Å²) in [6.45, 7) is 8.52. The molecule has 0 aliphatic carbocycles. The summed E-state index contributed by atoms with van der Waals surface area (Å²) in [5.41, 5.74) is 1.30. The Hall–Kier alpha value is -1.06. The summed E-state index contributed by atoms with van der Waals surface area (Å²) < 4.78 is 5.89. The van der Waals surface area contributed by atoms with E-state index in [2.05, 4.69) is 41.4 Å². The maximum absolute atomic E-state index is 5.89. The Bertz CT molecular complexity index is 375. The van der Waals surface area contributed by atoms with Gasteiger partial charge in [0, 0.05) is 13.1 Å². The van der Waals surface area contributed by atoms with Crippen molar-refractivity contribution in [3.05, 3.63) is 29.8 Å². The molecule has 1 aromatic rings. The Morgan fingerprint density at radius 1 is 1.20 bits per heavy atom. The third-order valence-corrected chi connectivity index (χ3v) is 3.78. The second-order valence-corrected chi connectivity index (χ2v) is 5.57. The number of piperidine rings is 1. The van der Waals surface area contributed by atoms with Crippen molar-refractivity contribution in [3.63, 3.8) is 0 Å². The van der Waals surface area contributed by atoms with Crippen LogP contribution in [-0.4, -0.2) is 37.7 Å². The number of nitrogens with one attached hydrogen (secondary N) is 1. The molecular weight excluding hydrogens is 248 g/mol. The van der Waals surface area contributed by atoms with Crippen LogP contribution in [0.5, 0.6) is 5.75 Å². The number of nitrogens with zero attached hydrogens (tertiary/aromatic N) is 1. The molecule has 1 heterocycles. The zero-order chi connectivity index (χ0) is 14.0. The maximum atomic E-state index is 5.89. The van der Waals surface area contributed by atoms with E-state index in [-0.39, 0.29) is 0 Å². The normalized spacial score (nSPS) is 16.2. The molecule has 1 fully saturated rings. The maximum Gasteiger partial charge on any atom is 0.119 e. The van der Waals surface area contributed by atoms with Crippen LogP contribution in [0.2, 0.25) is 0 Å².